The van der Waals surface area contributed by atoms with Crippen LogP contribution in [0.2, 0.25) is 0 Å². The molecule has 1 heterocycles. The van der Waals surface area contributed by atoms with Gasteiger partial charge in [0.15, 0.2) is 0 Å². The van der Waals surface area contributed by atoms with E-state index in [1.165, 1.54) is 6.92 Å². The van der Waals surface area contributed by atoms with Crippen LogP contribution in [0, 0.1) is 0 Å². The molecule has 0 bridgehead atoms. The number of carbonyl (C=O) groups excluding carboxylic acids is 1. The van der Waals surface area contributed by atoms with E-state index in [1.807, 2.05) is 42.5 Å². The highest BCUT2D eigenvalue weighted by Crippen LogP contribution is 2.24. The second kappa shape index (κ2) is 5.25. The third-order valence-electron chi connectivity index (χ3n) is 3.15. The molecule has 0 unspecified atom stereocenters. The van der Waals surface area contributed by atoms with E-state index in [0.29, 0.717) is 5.58 Å². The molecule has 3 rings (SSSR count). The van der Waals surface area contributed by atoms with Crippen molar-refractivity contribution in [1.82, 2.24) is 0 Å². The lowest BCUT2D eigenvalue weighted by Gasteiger charge is -2.05. The third-order valence-corrected chi connectivity index (χ3v) is 3.15. The monoisotopic (exact) mass is 279 g/mol. The number of nitrogens with one attached hydrogen (secondary N) is 1. The topological polar surface area (TPSA) is 59.3 Å². The molecule has 0 saturated carbocycles. The van der Waals surface area contributed by atoms with Crippen LogP contribution < -0.4 is 10.9 Å². The molecule has 1 aromatic heterocycles. The zero-order valence-corrected chi connectivity index (χ0v) is 11.4. The summed E-state index contributed by atoms with van der Waals surface area (Å²) in [6, 6.07) is 17.1. The van der Waals surface area contributed by atoms with Crippen molar-refractivity contribution in [2.75, 3.05) is 5.32 Å². The van der Waals surface area contributed by atoms with Crippen LogP contribution in [0.1, 0.15) is 6.92 Å². The summed E-state index contributed by atoms with van der Waals surface area (Å²) >= 11 is 0. The zero-order chi connectivity index (χ0) is 14.8. The standard InChI is InChI=1S/C17H13NO3/c1-11(19)18-15-10-14-9-13(12-5-3-2-4-6-12)7-8-16(14)21-17(15)20/h2-10H,1H3,(H,18,19). The van der Waals surface area contributed by atoms with E-state index in [1.54, 1.807) is 12.1 Å². The lowest BCUT2D eigenvalue weighted by Crippen LogP contribution is -2.14. The minimum atomic E-state index is -0.551. The van der Waals surface area contributed by atoms with Gasteiger partial charge in [0, 0.05) is 12.3 Å². The minimum Gasteiger partial charge on any atom is -0.421 e. The number of fused-ring (bicyclic) bond motifs is 1. The third kappa shape index (κ3) is 2.69. The van der Waals surface area contributed by atoms with Crippen molar-refractivity contribution in [2.45, 2.75) is 6.92 Å². The molecule has 1 amide bonds. The molecule has 21 heavy (non-hydrogen) atoms. The number of hydrogen-bond acceptors (Lipinski definition) is 3. The summed E-state index contributed by atoms with van der Waals surface area (Å²) in [5.41, 5.74) is 2.19. The van der Waals surface area contributed by atoms with Gasteiger partial charge in [0.25, 0.3) is 0 Å². The molecule has 2 aromatic carbocycles. The van der Waals surface area contributed by atoms with Gasteiger partial charge in [-0.2, -0.15) is 0 Å². The number of rotatable bonds is 2. The van der Waals surface area contributed by atoms with E-state index >= 15 is 0 Å². The molecule has 0 radical (unpaired) electrons. The Hall–Kier alpha value is -2.88. The lowest BCUT2D eigenvalue weighted by atomic mass is 10.0. The molecule has 0 atom stereocenters. The fourth-order valence-electron chi connectivity index (χ4n) is 2.21. The van der Waals surface area contributed by atoms with Crippen LogP contribution in [-0.2, 0) is 4.79 Å². The van der Waals surface area contributed by atoms with Crippen molar-refractivity contribution in [1.29, 1.82) is 0 Å². The van der Waals surface area contributed by atoms with Gasteiger partial charge in [-0.3, -0.25) is 4.79 Å². The molecule has 0 aliphatic heterocycles. The van der Waals surface area contributed by atoms with Gasteiger partial charge in [-0.25, -0.2) is 4.79 Å². The van der Waals surface area contributed by atoms with Crippen LogP contribution in [0.25, 0.3) is 22.1 Å². The van der Waals surface area contributed by atoms with Gasteiger partial charge in [0.05, 0.1) is 0 Å². The SMILES string of the molecule is CC(=O)Nc1cc2cc(-c3ccccc3)ccc2oc1=O. The molecule has 104 valence electrons. The fraction of sp³-hybridized carbons (Fsp3) is 0.0588. The Balaban J connectivity index is 2.14. The Morgan fingerprint density at radius 3 is 2.48 bits per heavy atom. The average Bonchev–Trinajstić information content (AvgIpc) is 2.48. The van der Waals surface area contributed by atoms with Gasteiger partial charge < -0.3 is 9.73 Å². The summed E-state index contributed by atoms with van der Waals surface area (Å²) in [6.07, 6.45) is 0. The van der Waals surface area contributed by atoms with Gasteiger partial charge in [0.2, 0.25) is 5.91 Å². The predicted octanol–water partition coefficient (Wildman–Crippen LogP) is 3.42. The second-order valence-corrected chi connectivity index (χ2v) is 4.75. The van der Waals surface area contributed by atoms with Crippen LogP contribution in [0.5, 0.6) is 0 Å². The minimum absolute atomic E-state index is 0.153. The second-order valence-electron chi connectivity index (χ2n) is 4.75. The van der Waals surface area contributed by atoms with Crippen molar-refractivity contribution in [3.63, 3.8) is 0 Å². The average molecular weight is 279 g/mol. The summed E-state index contributed by atoms with van der Waals surface area (Å²) in [4.78, 5) is 22.8. The molecule has 0 aliphatic carbocycles. The molecule has 4 nitrogen and oxygen atoms in total. The molecular formula is C17H13NO3. The molecule has 0 spiro atoms. The normalized spacial score (nSPS) is 10.5. The fourth-order valence-corrected chi connectivity index (χ4v) is 2.21. The van der Waals surface area contributed by atoms with Gasteiger partial charge in [-0.05, 0) is 29.3 Å². The number of carbonyl (C=O) groups is 1. The molecule has 1 N–H and O–H groups in total. The van der Waals surface area contributed by atoms with Crippen LogP contribution in [0.3, 0.4) is 0 Å². The molecule has 4 heteroatoms. The first kappa shape index (κ1) is 13.1. The Bertz CT molecular complexity index is 866. The Morgan fingerprint density at radius 1 is 1.00 bits per heavy atom. The summed E-state index contributed by atoms with van der Waals surface area (Å²) in [6.45, 7) is 1.35. The summed E-state index contributed by atoms with van der Waals surface area (Å²) in [5, 5.41) is 3.24. The van der Waals surface area contributed by atoms with Gasteiger partial charge >= 0.3 is 5.63 Å². The van der Waals surface area contributed by atoms with E-state index < -0.39 is 5.63 Å². The smallest absolute Gasteiger partial charge is 0.360 e. The van der Waals surface area contributed by atoms with E-state index in [4.69, 9.17) is 4.42 Å². The first-order chi connectivity index (χ1) is 10.1. The summed E-state index contributed by atoms with van der Waals surface area (Å²) in [5.74, 6) is -0.305. The Kier molecular flexibility index (Phi) is 3.28. The van der Waals surface area contributed by atoms with E-state index in [2.05, 4.69) is 5.32 Å². The molecule has 0 fully saturated rings. The van der Waals surface area contributed by atoms with Crippen molar-refractivity contribution in [3.8, 4) is 11.1 Å². The Morgan fingerprint density at radius 2 is 1.76 bits per heavy atom. The summed E-state index contributed by atoms with van der Waals surface area (Å²) < 4.78 is 5.21. The Labute approximate surface area is 121 Å². The predicted molar refractivity (Wildman–Crippen MR) is 82.2 cm³/mol. The maximum absolute atomic E-state index is 11.7. The van der Waals surface area contributed by atoms with Crippen molar-refractivity contribution < 1.29 is 9.21 Å². The maximum Gasteiger partial charge on any atom is 0.360 e. The highest BCUT2D eigenvalue weighted by Gasteiger charge is 2.07. The van der Waals surface area contributed by atoms with E-state index in [0.717, 1.165) is 16.5 Å². The highest BCUT2D eigenvalue weighted by atomic mass is 16.4. The quantitative estimate of drug-likeness (QED) is 0.731. The van der Waals surface area contributed by atoms with Crippen LogP contribution >= 0.6 is 0 Å². The number of anilines is 1. The largest absolute Gasteiger partial charge is 0.421 e. The van der Waals surface area contributed by atoms with Crippen molar-refractivity contribution in [3.05, 3.63) is 65.0 Å². The van der Waals surface area contributed by atoms with E-state index in [-0.39, 0.29) is 11.6 Å². The summed E-state index contributed by atoms with van der Waals surface area (Å²) in [7, 11) is 0. The van der Waals surface area contributed by atoms with E-state index in [9.17, 15) is 9.59 Å². The lowest BCUT2D eigenvalue weighted by molar-refractivity contribution is -0.114. The van der Waals surface area contributed by atoms with Gasteiger partial charge in [0.1, 0.15) is 11.3 Å². The van der Waals surface area contributed by atoms with Crippen LogP contribution in [0.4, 0.5) is 5.69 Å². The molecule has 0 aliphatic rings. The van der Waals surface area contributed by atoms with Crippen molar-refractivity contribution in [2.24, 2.45) is 0 Å². The molecule has 3 aromatic rings. The van der Waals surface area contributed by atoms with Crippen molar-refractivity contribution >= 4 is 22.6 Å². The number of amides is 1. The maximum atomic E-state index is 11.7. The molecular weight excluding hydrogens is 266 g/mol. The zero-order valence-electron chi connectivity index (χ0n) is 11.4. The highest BCUT2D eigenvalue weighted by molar-refractivity contribution is 5.92. The number of hydrogen-bond donors (Lipinski definition) is 1. The number of benzene rings is 2. The first-order valence-electron chi connectivity index (χ1n) is 6.54. The van der Waals surface area contributed by atoms with Crippen LogP contribution in [0.15, 0.2) is 63.8 Å². The molecule has 0 saturated heterocycles. The van der Waals surface area contributed by atoms with Gasteiger partial charge in [-0.1, -0.05) is 36.4 Å². The first-order valence-corrected chi connectivity index (χ1v) is 6.54. The van der Waals surface area contributed by atoms with Gasteiger partial charge in [-0.15, -0.1) is 0 Å². The van der Waals surface area contributed by atoms with Crippen LogP contribution in [-0.4, -0.2) is 5.91 Å².